The van der Waals surface area contributed by atoms with Gasteiger partial charge >= 0.3 is 0 Å². The summed E-state index contributed by atoms with van der Waals surface area (Å²) >= 11 is 0. The van der Waals surface area contributed by atoms with Crippen LogP contribution in [0.25, 0.3) is 0 Å². The van der Waals surface area contributed by atoms with E-state index in [9.17, 15) is 0 Å². The zero-order valence-corrected chi connectivity index (χ0v) is 10.5. The Morgan fingerprint density at radius 3 is 2.94 bits per heavy atom. The summed E-state index contributed by atoms with van der Waals surface area (Å²) in [7, 11) is 0. The van der Waals surface area contributed by atoms with Crippen molar-refractivity contribution in [3.63, 3.8) is 0 Å². The van der Waals surface area contributed by atoms with Crippen LogP contribution in [-0.4, -0.2) is 13.2 Å². The molecule has 1 aliphatic rings. The Balaban J connectivity index is 2.03. The maximum atomic E-state index is 5.60. The second-order valence-corrected chi connectivity index (χ2v) is 4.68. The van der Waals surface area contributed by atoms with Crippen LogP contribution >= 0.6 is 0 Å². The van der Waals surface area contributed by atoms with Crippen LogP contribution in [0.15, 0.2) is 18.2 Å². The maximum Gasteiger partial charge on any atom is 0.0694 e. The summed E-state index contributed by atoms with van der Waals surface area (Å²) in [6.07, 6.45) is 4.76. The predicted octanol–water partition coefficient (Wildman–Crippen LogP) is 2.11. The van der Waals surface area contributed by atoms with Gasteiger partial charge in [0, 0.05) is 6.61 Å². The van der Waals surface area contributed by atoms with Gasteiger partial charge in [-0.15, -0.1) is 0 Å². The van der Waals surface area contributed by atoms with E-state index in [1.54, 1.807) is 0 Å². The SMILES string of the molecule is CCCOCC(NN)c1ccc2c(c1)CCC2. The van der Waals surface area contributed by atoms with Gasteiger partial charge in [-0.25, -0.2) is 0 Å². The van der Waals surface area contributed by atoms with Gasteiger partial charge in [0.15, 0.2) is 0 Å². The molecule has 1 aromatic rings. The molecule has 1 aromatic carbocycles. The lowest BCUT2D eigenvalue weighted by Gasteiger charge is -2.17. The lowest BCUT2D eigenvalue weighted by molar-refractivity contribution is 0.112. The summed E-state index contributed by atoms with van der Waals surface area (Å²) in [5.74, 6) is 5.60. The molecule has 0 fully saturated rings. The van der Waals surface area contributed by atoms with Crippen molar-refractivity contribution < 1.29 is 4.74 Å². The molecule has 2 rings (SSSR count). The van der Waals surface area contributed by atoms with Crippen molar-refractivity contribution in [2.45, 2.75) is 38.6 Å². The van der Waals surface area contributed by atoms with Gasteiger partial charge in [0.2, 0.25) is 0 Å². The first-order valence-electron chi connectivity index (χ1n) is 6.50. The molecule has 3 nitrogen and oxygen atoms in total. The Hall–Kier alpha value is -0.900. The normalized spacial score (nSPS) is 15.9. The molecule has 0 spiro atoms. The van der Waals surface area contributed by atoms with Crippen LogP contribution in [0.5, 0.6) is 0 Å². The van der Waals surface area contributed by atoms with Crippen LogP contribution in [-0.2, 0) is 17.6 Å². The number of hydrogen-bond donors (Lipinski definition) is 2. The van der Waals surface area contributed by atoms with Gasteiger partial charge < -0.3 is 4.74 Å². The van der Waals surface area contributed by atoms with Crippen LogP contribution < -0.4 is 11.3 Å². The van der Waals surface area contributed by atoms with Gasteiger partial charge in [-0.3, -0.25) is 11.3 Å². The van der Waals surface area contributed by atoms with E-state index in [0.29, 0.717) is 6.61 Å². The number of fused-ring (bicyclic) bond motifs is 1. The molecule has 1 aliphatic carbocycles. The summed E-state index contributed by atoms with van der Waals surface area (Å²) < 4.78 is 5.57. The van der Waals surface area contributed by atoms with Gasteiger partial charge in [0.05, 0.1) is 12.6 Å². The Morgan fingerprint density at radius 1 is 1.35 bits per heavy atom. The lowest BCUT2D eigenvalue weighted by Crippen LogP contribution is -2.31. The zero-order valence-electron chi connectivity index (χ0n) is 10.5. The summed E-state index contributed by atoms with van der Waals surface area (Å²) in [6, 6.07) is 6.79. The van der Waals surface area contributed by atoms with E-state index in [1.165, 1.54) is 36.0 Å². The van der Waals surface area contributed by atoms with E-state index in [1.807, 2.05) is 0 Å². The molecule has 0 radical (unpaired) electrons. The van der Waals surface area contributed by atoms with Gasteiger partial charge in [-0.1, -0.05) is 25.1 Å². The molecule has 0 saturated heterocycles. The molecular formula is C14H22N2O. The number of nitrogens with one attached hydrogen (secondary N) is 1. The van der Waals surface area contributed by atoms with Crippen LogP contribution in [0.4, 0.5) is 0 Å². The standard InChI is InChI=1S/C14H22N2O/c1-2-8-17-10-14(16-15)13-7-6-11-4-3-5-12(11)9-13/h6-7,9,14,16H,2-5,8,10,15H2,1H3. The predicted molar refractivity (Wildman–Crippen MR) is 69.6 cm³/mol. The van der Waals surface area contributed by atoms with Crippen molar-refractivity contribution in [2.75, 3.05) is 13.2 Å². The van der Waals surface area contributed by atoms with E-state index < -0.39 is 0 Å². The number of benzene rings is 1. The van der Waals surface area contributed by atoms with Crippen molar-refractivity contribution in [3.8, 4) is 0 Å². The van der Waals surface area contributed by atoms with E-state index in [2.05, 4.69) is 30.5 Å². The van der Waals surface area contributed by atoms with Gasteiger partial charge in [0.1, 0.15) is 0 Å². The summed E-state index contributed by atoms with van der Waals surface area (Å²) in [5, 5.41) is 0. The minimum atomic E-state index is 0.104. The number of hydrogen-bond acceptors (Lipinski definition) is 3. The second kappa shape index (κ2) is 6.15. The molecule has 0 bridgehead atoms. The average molecular weight is 234 g/mol. The fraction of sp³-hybridized carbons (Fsp3) is 0.571. The molecule has 94 valence electrons. The fourth-order valence-electron chi connectivity index (χ4n) is 2.39. The van der Waals surface area contributed by atoms with Crippen molar-refractivity contribution in [2.24, 2.45) is 5.84 Å². The number of nitrogens with two attached hydrogens (primary N) is 1. The minimum absolute atomic E-state index is 0.104. The summed E-state index contributed by atoms with van der Waals surface area (Å²) in [5.41, 5.74) is 7.07. The number of rotatable bonds is 6. The van der Waals surface area contributed by atoms with Gasteiger partial charge in [-0.2, -0.15) is 0 Å². The van der Waals surface area contributed by atoms with E-state index in [0.717, 1.165) is 13.0 Å². The third-order valence-electron chi connectivity index (χ3n) is 3.36. The van der Waals surface area contributed by atoms with Gasteiger partial charge in [-0.05, 0) is 42.4 Å². The minimum Gasteiger partial charge on any atom is -0.379 e. The summed E-state index contributed by atoms with van der Waals surface area (Å²) in [6.45, 7) is 3.55. The third kappa shape index (κ3) is 3.06. The highest BCUT2D eigenvalue weighted by atomic mass is 16.5. The molecule has 3 N–H and O–H groups in total. The number of hydrazine groups is 1. The largest absolute Gasteiger partial charge is 0.379 e. The van der Waals surface area contributed by atoms with Crippen LogP contribution in [0.3, 0.4) is 0 Å². The molecule has 0 aliphatic heterocycles. The lowest BCUT2D eigenvalue weighted by atomic mass is 10.0. The maximum absolute atomic E-state index is 5.60. The highest BCUT2D eigenvalue weighted by Crippen LogP contribution is 2.25. The average Bonchev–Trinajstić information content (AvgIpc) is 2.82. The van der Waals surface area contributed by atoms with E-state index in [-0.39, 0.29) is 6.04 Å². The smallest absolute Gasteiger partial charge is 0.0694 e. The monoisotopic (exact) mass is 234 g/mol. The van der Waals surface area contributed by atoms with Gasteiger partial charge in [0.25, 0.3) is 0 Å². The first kappa shape index (κ1) is 12.6. The van der Waals surface area contributed by atoms with Crippen molar-refractivity contribution in [1.29, 1.82) is 0 Å². The Kier molecular flexibility index (Phi) is 4.54. The summed E-state index contributed by atoms with van der Waals surface area (Å²) in [4.78, 5) is 0. The molecule has 1 unspecified atom stereocenters. The molecule has 0 aromatic heterocycles. The third-order valence-corrected chi connectivity index (χ3v) is 3.36. The highest BCUT2D eigenvalue weighted by molar-refractivity contribution is 5.36. The molecule has 0 amide bonds. The Morgan fingerprint density at radius 2 is 2.18 bits per heavy atom. The van der Waals surface area contributed by atoms with Crippen molar-refractivity contribution >= 4 is 0 Å². The molecule has 1 atom stereocenters. The topological polar surface area (TPSA) is 47.3 Å². The Labute approximate surface area is 103 Å². The van der Waals surface area contributed by atoms with E-state index in [4.69, 9.17) is 10.6 Å². The molecule has 3 heteroatoms. The van der Waals surface area contributed by atoms with Crippen molar-refractivity contribution in [1.82, 2.24) is 5.43 Å². The molecule has 0 heterocycles. The quantitative estimate of drug-likeness (QED) is 0.450. The number of ether oxygens (including phenoxy) is 1. The first-order valence-corrected chi connectivity index (χ1v) is 6.50. The molecule has 17 heavy (non-hydrogen) atoms. The van der Waals surface area contributed by atoms with Crippen LogP contribution in [0, 0.1) is 0 Å². The zero-order chi connectivity index (χ0) is 12.1. The van der Waals surface area contributed by atoms with E-state index >= 15 is 0 Å². The molecular weight excluding hydrogens is 212 g/mol. The highest BCUT2D eigenvalue weighted by Gasteiger charge is 2.15. The van der Waals surface area contributed by atoms with Crippen LogP contribution in [0.2, 0.25) is 0 Å². The second-order valence-electron chi connectivity index (χ2n) is 4.68. The number of aryl methyl sites for hydroxylation is 2. The van der Waals surface area contributed by atoms with Crippen molar-refractivity contribution in [3.05, 3.63) is 34.9 Å². The molecule has 0 saturated carbocycles. The first-order chi connectivity index (χ1) is 8.35. The fourth-order valence-corrected chi connectivity index (χ4v) is 2.39. The van der Waals surface area contributed by atoms with Crippen LogP contribution in [0.1, 0.15) is 42.5 Å². The Bertz CT molecular complexity index is 365.